The van der Waals surface area contributed by atoms with Crippen LogP contribution >= 0.6 is 0 Å². The van der Waals surface area contributed by atoms with Crippen molar-refractivity contribution in [2.24, 2.45) is 0 Å². The number of nitrogens with zero attached hydrogens (tertiary/aromatic N) is 2. The van der Waals surface area contributed by atoms with Crippen LogP contribution in [0.15, 0.2) is 65.8 Å². The summed E-state index contributed by atoms with van der Waals surface area (Å²) in [5, 5.41) is -0.154. The lowest BCUT2D eigenvalue weighted by molar-refractivity contribution is 0.0600. The zero-order valence-corrected chi connectivity index (χ0v) is 21.1. The monoisotopic (exact) mass is 512 g/mol. The van der Waals surface area contributed by atoms with E-state index in [9.17, 15) is 17.6 Å². The van der Waals surface area contributed by atoms with Crippen LogP contribution in [0.25, 0.3) is 0 Å². The lowest BCUT2D eigenvalue weighted by Crippen LogP contribution is -2.37. The molecule has 0 N–H and O–H groups in total. The molecule has 7 nitrogen and oxygen atoms in total. The second kappa shape index (κ2) is 11.1. The Kier molecular flexibility index (Phi) is 7.88. The molecule has 1 aromatic heterocycles. The number of anilines is 1. The van der Waals surface area contributed by atoms with Gasteiger partial charge in [0, 0.05) is 6.20 Å². The van der Waals surface area contributed by atoms with Gasteiger partial charge in [0.25, 0.3) is 10.0 Å². The van der Waals surface area contributed by atoms with Crippen molar-refractivity contribution in [3.05, 3.63) is 83.0 Å². The van der Waals surface area contributed by atoms with E-state index in [0.717, 1.165) is 40.3 Å². The predicted octanol–water partition coefficient (Wildman–Crippen LogP) is 4.88. The second-order valence-electron chi connectivity index (χ2n) is 8.63. The van der Waals surface area contributed by atoms with Crippen molar-refractivity contribution in [3.63, 3.8) is 0 Å². The molecule has 190 valence electrons. The first-order chi connectivity index (χ1) is 17.3. The van der Waals surface area contributed by atoms with E-state index in [1.54, 1.807) is 49.4 Å². The van der Waals surface area contributed by atoms with Crippen LogP contribution in [-0.2, 0) is 34.2 Å². The van der Waals surface area contributed by atoms with Crippen LogP contribution in [0.3, 0.4) is 0 Å². The van der Waals surface area contributed by atoms with Crippen molar-refractivity contribution in [1.82, 2.24) is 4.98 Å². The minimum atomic E-state index is -4.15. The third-order valence-electron chi connectivity index (χ3n) is 6.21. The predicted molar refractivity (Wildman–Crippen MR) is 135 cm³/mol. The summed E-state index contributed by atoms with van der Waals surface area (Å²) >= 11 is 0. The number of methoxy groups -OCH3 is 1. The highest BCUT2D eigenvalue weighted by molar-refractivity contribution is 7.92. The maximum Gasteiger partial charge on any atom is 0.337 e. The number of pyridine rings is 1. The van der Waals surface area contributed by atoms with E-state index in [0.29, 0.717) is 17.0 Å². The molecule has 0 saturated heterocycles. The maximum atomic E-state index is 14.7. The van der Waals surface area contributed by atoms with Crippen molar-refractivity contribution in [1.29, 1.82) is 0 Å². The fraction of sp³-hybridized carbons (Fsp3) is 0.333. The van der Waals surface area contributed by atoms with E-state index in [1.165, 1.54) is 19.4 Å². The van der Waals surface area contributed by atoms with E-state index >= 15 is 0 Å². The van der Waals surface area contributed by atoms with E-state index in [2.05, 4.69) is 4.98 Å². The third-order valence-corrected chi connectivity index (χ3v) is 7.91. The SMILES string of the molecule is CC[C@H](F)CN(c1cc2c(cc1OCc1ccc(C(=O)OC)cc1)CCC2)S(=O)(=O)c1ccccn1. The normalized spacial score (nSPS) is 13.6. The largest absolute Gasteiger partial charge is 0.487 e. The highest BCUT2D eigenvalue weighted by atomic mass is 32.2. The van der Waals surface area contributed by atoms with Crippen LogP contribution in [-0.4, -0.2) is 39.2 Å². The van der Waals surface area contributed by atoms with Crippen molar-refractivity contribution >= 4 is 21.7 Å². The number of hydrogen-bond donors (Lipinski definition) is 0. The number of aromatic nitrogens is 1. The van der Waals surface area contributed by atoms with Crippen LogP contribution in [0.4, 0.5) is 10.1 Å². The summed E-state index contributed by atoms with van der Waals surface area (Å²) in [4.78, 5) is 15.7. The molecule has 0 amide bonds. The van der Waals surface area contributed by atoms with Crippen LogP contribution in [0.1, 0.15) is 46.8 Å². The molecule has 2 aromatic carbocycles. The number of ether oxygens (including phenoxy) is 2. The molecular formula is C27H29FN2O5S. The summed E-state index contributed by atoms with van der Waals surface area (Å²) < 4.78 is 53.9. The van der Waals surface area contributed by atoms with Crippen LogP contribution in [0.5, 0.6) is 5.75 Å². The number of rotatable bonds is 10. The van der Waals surface area contributed by atoms with Gasteiger partial charge in [-0.25, -0.2) is 14.2 Å². The summed E-state index contributed by atoms with van der Waals surface area (Å²) in [5.41, 5.74) is 3.62. The van der Waals surface area contributed by atoms with Crippen molar-refractivity contribution in [2.75, 3.05) is 18.0 Å². The minimum Gasteiger partial charge on any atom is -0.487 e. The number of fused-ring (bicyclic) bond motifs is 1. The smallest absolute Gasteiger partial charge is 0.337 e. The number of sulfonamides is 1. The Morgan fingerprint density at radius 1 is 1.11 bits per heavy atom. The molecule has 1 heterocycles. The van der Waals surface area contributed by atoms with Gasteiger partial charge in [0.2, 0.25) is 0 Å². The molecule has 0 saturated carbocycles. The van der Waals surface area contributed by atoms with Gasteiger partial charge in [-0.1, -0.05) is 25.1 Å². The Labute approximate surface area is 210 Å². The number of hydrogen-bond acceptors (Lipinski definition) is 6. The van der Waals surface area contributed by atoms with Crippen molar-refractivity contribution in [3.8, 4) is 5.75 Å². The molecule has 0 bridgehead atoms. The van der Waals surface area contributed by atoms with E-state index in [4.69, 9.17) is 9.47 Å². The molecule has 4 rings (SSSR count). The first kappa shape index (κ1) is 25.6. The van der Waals surface area contributed by atoms with Crippen molar-refractivity contribution < 1.29 is 27.1 Å². The number of carbonyl (C=O) groups is 1. The van der Waals surface area contributed by atoms with Gasteiger partial charge in [0.1, 0.15) is 18.5 Å². The molecule has 0 spiro atoms. The molecule has 0 fully saturated rings. The summed E-state index contributed by atoms with van der Waals surface area (Å²) in [7, 11) is -2.83. The topological polar surface area (TPSA) is 85.8 Å². The van der Waals surface area contributed by atoms with Crippen molar-refractivity contribution in [2.45, 2.75) is 50.4 Å². The molecule has 0 unspecified atom stereocenters. The molecule has 1 aliphatic carbocycles. The third kappa shape index (κ3) is 5.51. The summed E-state index contributed by atoms with van der Waals surface area (Å²) in [6.07, 6.45) is 2.85. The van der Waals surface area contributed by atoms with Gasteiger partial charge in [0.15, 0.2) is 5.03 Å². The van der Waals surface area contributed by atoms with Crippen LogP contribution < -0.4 is 9.04 Å². The highest BCUT2D eigenvalue weighted by Gasteiger charge is 2.32. The molecular weight excluding hydrogens is 483 g/mol. The quantitative estimate of drug-likeness (QED) is 0.360. The molecule has 9 heteroatoms. The number of halogens is 1. The number of alkyl halides is 1. The lowest BCUT2D eigenvalue weighted by atomic mass is 10.1. The Hall–Kier alpha value is -3.46. The summed E-state index contributed by atoms with van der Waals surface area (Å²) in [6, 6.07) is 15.1. The van der Waals surface area contributed by atoms with E-state index in [-0.39, 0.29) is 24.6 Å². The van der Waals surface area contributed by atoms with Gasteiger partial charge in [0.05, 0.1) is 24.9 Å². The fourth-order valence-electron chi connectivity index (χ4n) is 4.16. The first-order valence-corrected chi connectivity index (χ1v) is 13.3. The van der Waals surface area contributed by atoms with Gasteiger partial charge < -0.3 is 9.47 Å². The van der Waals surface area contributed by atoms with Gasteiger partial charge in [-0.05, 0) is 78.8 Å². The zero-order chi connectivity index (χ0) is 25.7. The number of aryl methyl sites for hydroxylation is 2. The maximum absolute atomic E-state index is 14.7. The average Bonchev–Trinajstić information content (AvgIpc) is 3.37. The minimum absolute atomic E-state index is 0.136. The Balaban J connectivity index is 1.72. The molecule has 1 aliphatic rings. The fourth-order valence-corrected chi connectivity index (χ4v) is 5.59. The first-order valence-electron chi connectivity index (χ1n) is 11.9. The van der Waals surface area contributed by atoms with Gasteiger partial charge in [-0.15, -0.1) is 0 Å². The van der Waals surface area contributed by atoms with E-state index < -0.39 is 22.2 Å². The number of benzene rings is 2. The Morgan fingerprint density at radius 3 is 2.47 bits per heavy atom. The highest BCUT2D eigenvalue weighted by Crippen LogP contribution is 2.39. The zero-order valence-electron chi connectivity index (χ0n) is 20.3. The standard InChI is InChI=1S/C27H29FN2O5S/c1-3-23(28)17-30(36(32,33)26-9-4-5-14-29-26)24-15-21-7-6-8-22(21)16-25(24)35-18-19-10-12-20(13-11-19)27(31)34-2/h4-5,9-16,23H,3,6-8,17-18H2,1-2H3/t23-/m0/s1. The van der Waals surface area contributed by atoms with Gasteiger partial charge >= 0.3 is 5.97 Å². The lowest BCUT2D eigenvalue weighted by Gasteiger charge is -2.28. The molecule has 0 radical (unpaired) electrons. The Morgan fingerprint density at radius 2 is 1.83 bits per heavy atom. The molecule has 0 aliphatic heterocycles. The molecule has 36 heavy (non-hydrogen) atoms. The molecule has 3 aromatic rings. The van der Waals surface area contributed by atoms with Gasteiger partial charge in [-0.2, -0.15) is 8.42 Å². The number of carbonyl (C=O) groups excluding carboxylic acids is 1. The van der Waals surface area contributed by atoms with Crippen LogP contribution in [0, 0.1) is 0 Å². The Bertz CT molecular complexity index is 1310. The number of esters is 1. The average molecular weight is 513 g/mol. The van der Waals surface area contributed by atoms with E-state index in [1.807, 2.05) is 6.07 Å². The van der Waals surface area contributed by atoms with Gasteiger partial charge in [-0.3, -0.25) is 4.31 Å². The summed E-state index contributed by atoms with van der Waals surface area (Å²) in [6.45, 7) is 1.46. The molecule has 1 atom stereocenters. The second-order valence-corrected chi connectivity index (χ2v) is 10.4. The van der Waals surface area contributed by atoms with Crippen LogP contribution in [0.2, 0.25) is 0 Å². The summed E-state index contributed by atoms with van der Waals surface area (Å²) in [5.74, 6) is -0.0778.